The van der Waals surface area contributed by atoms with Gasteiger partial charge >= 0.3 is 0 Å². The second-order valence-corrected chi connectivity index (χ2v) is 4.58. The number of hydrogen-bond acceptors (Lipinski definition) is 3. The summed E-state index contributed by atoms with van der Waals surface area (Å²) >= 11 is 0. The van der Waals surface area contributed by atoms with Gasteiger partial charge in [0.25, 0.3) is 5.69 Å². The lowest BCUT2D eigenvalue weighted by molar-refractivity contribution is -0.384. The smallest absolute Gasteiger partial charge is 0.269 e. The fourth-order valence-corrected chi connectivity index (χ4v) is 2.08. The molecule has 2 rings (SSSR count). The van der Waals surface area contributed by atoms with E-state index in [0.29, 0.717) is 5.75 Å². The van der Waals surface area contributed by atoms with Crippen LogP contribution < -0.4 is 4.74 Å². The molecule has 0 bridgehead atoms. The summed E-state index contributed by atoms with van der Waals surface area (Å²) < 4.78 is 5.81. The number of nitrogens with zero attached hydrogens (tertiary/aromatic N) is 1. The molecule has 0 amide bonds. The van der Waals surface area contributed by atoms with Crippen LogP contribution in [0, 0.1) is 30.9 Å². The quantitative estimate of drug-likeness (QED) is 0.608. The molecule has 0 spiro atoms. The SMILES string of the molecule is Cc1cc(C)c(Oc2ccc([N+](=O)[O-])cc2)c(C)c1. The zero-order valence-corrected chi connectivity index (χ0v) is 11.1. The van der Waals surface area contributed by atoms with Gasteiger partial charge in [0.2, 0.25) is 0 Å². The van der Waals surface area contributed by atoms with Crippen molar-refractivity contribution in [3.8, 4) is 11.5 Å². The number of nitro groups is 1. The molecule has 2 aromatic carbocycles. The summed E-state index contributed by atoms with van der Waals surface area (Å²) in [5.74, 6) is 1.40. The Morgan fingerprint density at radius 1 is 1.00 bits per heavy atom. The zero-order chi connectivity index (χ0) is 14.0. The van der Waals surface area contributed by atoms with E-state index in [1.54, 1.807) is 12.1 Å². The van der Waals surface area contributed by atoms with Crippen LogP contribution in [0.2, 0.25) is 0 Å². The van der Waals surface area contributed by atoms with Gasteiger partial charge in [-0.05, 0) is 44.0 Å². The van der Waals surface area contributed by atoms with Gasteiger partial charge in [0, 0.05) is 12.1 Å². The van der Waals surface area contributed by atoms with Crippen molar-refractivity contribution in [3.05, 3.63) is 63.2 Å². The highest BCUT2D eigenvalue weighted by Crippen LogP contribution is 2.30. The fourth-order valence-electron chi connectivity index (χ4n) is 2.08. The van der Waals surface area contributed by atoms with E-state index in [-0.39, 0.29) is 5.69 Å². The largest absolute Gasteiger partial charge is 0.457 e. The van der Waals surface area contributed by atoms with Gasteiger partial charge < -0.3 is 4.74 Å². The third kappa shape index (κ3) is 2.91. The second-order valence-electron chi connectivity index (χ2n) is 4.58. The van der Waals surface area contributed by atoms with E-state index < -0.39 is 4.92 Å². The summed E-state index contributed by atoms with van der Waals surface area (Å²) in [7, 11) is 0. The van der Waals surface area contributed by atoms with Crippen LogP contribution in [-0.4, -0.2) is 4.92 Å². The lowest BCUT2D eigenvalue weighted by Crippen LogP contribution is -1.93. The lowest BCUT2D eigenvalue weighted by atomic mass is 10.1. The Bertz CT molecular complexity index is 595. The first kappa shape index (κ1) is 13.1. The van der Waals surface area contributed by atoms with Gasteiger partial charge in [-0.15, -0.1) is 0 Å². The van der Waals surface area contributed by atoms with E-state index in [1.807, 2.05) is 32.9 Å². The van der Waals surface area contributed by atoms with Gasteiger partial charge in [-0.2, -0.15) is 0 Å². The average molecular weight is 257 g/mol. The molecule has 0 radical (unpaired) electrons. The van der Waals surface area contributed by atoms with Gasteiger partial charge in [0.05, 0.1) is 4.92 Å². The fraction of sp³-hybridized carbons (Fsp3) is 0.200. The van der Waals surface area contributed by atoms with E-state index in [1.165, 1.54) is 17.7 Å². The molecule has 0 aliphatic rings. The number of hydrogen-bond donors (Lipinski definition) is 0. The Hall–Kier alpha value is -2.36. The van der Waals surface area contributed by atoms with E-state index in [9.17, 15) is 10.1 Å². The maximum Gasteiger partial charge on any atom is 0.269 e. The van der Waals surface area contributed by atoms with Crippen molar-refractivity contribution >= 4 is 5.69 Å². The number of aryl methyl sites for hydroxylation is 3. The van der Waals surface area contributed by atoms with Crippen molar-refractivity contribution in [3.63, 3.8) is 0 Å². The van der Waals surface area contributed by atoms with Gasteiger partial charge in [-0.25, -0.2) is 0 Å². The molecule has 0 saturated heterocycles. The van der Waals surface area contributed by atoms with Gasteiger partial charge in [0.15, 0.2) is 0 Å². The molecule has 0 aromatic heterocycles. The van der Waals surface area contributed by atoms with Crippen LogP contribution in [0.5, 0.6) is 11.5 Å². The Morgan fingerprint density at radius 2 is 1.53 bits per heavy atom. The molecule has 0 aliphatic heterocycles. The van der Waals surface area contributed by atoms with Gasteiger partial charge in [-0.1, -0.05) is 17.7 Å². The number of non-ortho nitro benzene ring substituents is 1. The van der Waals surface area contributed by atoms with Gasteiger partial charge in [-0.3, -0.25) is 10.1 Å². The Morgan fingerprint density at radius 3 is 2.00 bits per heavy atom. The first-order chi connectivity index (χ1) is 8.97. The summed E-state index contributed by atoms with van der Waals surface area (Å²) in [4.78, 5) is 10.2. The number of benzene rings is 2. The van der Waals surface area contributed by atoms with Crippen LogP contribution in [0.3, 0.4) is 0 Å². The predicted octanol–water partition coefficient (Wildman–Crippen LogP) is 4.31. The summed E-state index contributed by atoms with van der Waals surface area (Å²) in [5.41, 5.74) is 3.35. The highest BCUT2D eigenvalue weighted by atomic mass is 16.6. The number of rotatable bonds is 3. The molecule has 0 N–H and O–H groups in total. The third-order valence-corrected chi connectivity index (χ3v) is 2.87. The summed E-state index contributed by atoms with van der Waals surface area (Å²) in [6.45, 7) is 6.01. The molecule has 4 nitrogen and oxygen atoms in total. The third-order valence-electron chi connectivity index (χ3n) is 2.87. The van der Waals surface area contributed by atoms with Crippen LogP contribution in [0.4, 0.5) is 5.69 Å². The van der Waals surface area contributed by atoms with Crippen molar-refractivity contribution in [1.82, 2.24) is 0 Å². The maximum absolute atomic E-state index is 10.6. The molecular formula is C15H15NO3. The lowest BCUT2D eigenvalue weighted by Gasteiger charge is -2.12. The molecular weight excluding hydrogens is 242 g/mol. The highest BCUT2D eigenvalue weighted by Gasteiger charge is 2.08. The minimum Gasteiger partial charge on any atom is -0.457 e. The normalized spacial score (nSPS) is 10.3. The number of ether oxygens (including phenoxy) is 1. The molecule has 0 aliphatic carbocycles. The van der Waals surface area contributed by atoms with Crippen molar-refractivity contribution in [1.29, 1.82) is 0 Å². The van der Waals surface area contributed by atoms with E-state index in [4.69, 9.17) is 4.74 Å². The molecule has 0 fully saturated rings. The molecule has 98 valence electrons. The Kier molecular flexibility index (Phi) is 3.51. The monoisotopic (exact) mass is 257 g/mol. The average Bonchev–Trinajstić information content (AvgIpc) is 2.34. The van der Waals surface area contributed by atoms with E-state index >= 15 is 0 Å². The molecule has 19 heavy (non-hydrogen) atoms. The van der Waals surface area contributed by atoms with Crippen LogP contribution in [0.1, 0.15) is 16.7 Å². The topological polar surface area (TPSA) is 52.4 Å². The van der Waals surface area contributed by atoms with Crippen LogP contribution >= 0.6 is 0 Å². The van der Waals surface area contributed by atoms with Gasteiger partial charge in [0.1, 0.15) is 11.5 Å². The standard InChI is InChI=1S/C15H15NO3/c1-10-8-11(2)15(12(3)9-10)19-14-6-4-13(5-7-14)16(17)18/h4-9H,1-3H3. The summed E-state index contributed by atoms with van der Waals surface area (Å²) in [5, 5.41) is 10.6. The molecule has 4 heteroatoms. The molecule has 0 atom stereocenters. The van der Waals surface area contributed by atoms with E-state index in [2.05, 4.69) is 0 Å². The summed E-state index contributed by atoms with van der Waals surface area (Å²) in [6, 6.07) is 10.2. The Labute approximate surface area is 111 Å². The first-order valence-electron chi connectivity index (χ1n) is 5.97. The van der Waals surface area contributed by atoms with Crippen molar-refractivity contribution in [2.45, 2.75) is 20.8 Å². The highest BCUT2D eigenvalue weighted by molar-refractivity contribution is 5.46. The minimum absolute atomic E-state index is 0.0599. The molecule has 0 saturated carbocycles. The molecule has 0 heterocycles. The second kappa shape index (κ2) is 5.10. The van der Waals surface area contributed by atoms with Crippen molar-refractivity contribution < 1.29 is 9.66 Å². The number of nitro benzene ring substituents is 1. The van der Waals surface area contributed by atoms with Crippen LogP contribution in [0.25, 0.3) is 0 Å². The molecule has 0 unspecified atom stereocenters. The zero-order valence-electron chi connectivity index (χ0n) is 11.1. The molecule has 2 aromatic rings. The van der Waals surface area contributed by atoms with Crippen LogP contribution in [0.15, 0.2) is 36.4 Å². The summed E-state index contributed by atoms with van der Waals surface area (Å²) in [6.07, 6.45) is 0. The van der Waals surface area contributed by atoms with Crippen molar-refractivity contribution in [2.24, 2.45) is 0 Å². The maximum atomic E-state index is 10.6. The van der Waals surface area contributed by atoms with E-state index in [0.717, 1.165) is 16.9 Å². The predicted molar refractivity (Wildman–Crippen MR) is 73.8 cm³/mol. The van der Waals surface area contributed by atoms with Crippen LogP contribution in [-0.2, 0) is 0 Å². The Balaban J connectivity index is 2.29. The van der Waals surface area contributed by atoms with Crippen molar-refractivity contribution in [2.75, 3.05) is 0 Å². The first-order valence-corrected chi connectivity index (χ1v) is 5.97. The minimum atomic E-state index is -0.424.